The van der Waals surface area contributed by atoms with E-state index in [9.17, 15) is 8.42 Å². The topological polar surface area (TPSA) is 71.3 Å². The quantitative estimate of drug-likeness (QED) is 0.855. The molecule has 0 amide bonds. The molecule has 0 bridgehead atoms. The number of sulfonamides is 1. The fourth-order valence-corrected chi connectivity index (χ4v) is 3.19. The van der Waals surface area contributed by atoms with E-state index in [0.29, 0.717) is 17.3 Å². The number of furan rings is 1. The Morgan fingerprint density at radius 1 is 1.19 bits per heavy atom. The highest BCUT2D eigenvalue weighted by Crippen LogP contribution is 2.20. The summed E-state index contributed by atoms with van der Waals surface area (Å²) < 4.78 is 32.4. The zero-order valence-corrected chi connectivity index (χ0v) is 13.3. The summed E-state index contributed by atoms with van der Waals surface area (Å²) in [6, 6.07) is 9.71. The summed E-state index contributed by atoms with van der Waals surface area (Å²) in [6.07, 6.45) is 0. The summed E-state index contributed by atoms with van der Waals surface area (Å²) in [5, 5.41) is 3.42. The third-order valence-corrected chi connectivity index (χ3v) is 4.62. The van der Waals surface area contributed by atoms with E-state index in [1.165, 1.54) is 6.07 Å². The summed E-state index contributed by atoms with van der Waals surface area (Å²) >= 11 is 5.82. The molecule has 0 fully saturated rings. The van der Waals surface area contributed by atoms with Gasteiger partial charge in [-0.15, -0.1) is 0 Å². The van der Waals surface area contributed by atoms with Crippen molar-refractivity contribution >= 4 is 21.6 Å². The fraction of sp³-hybridized carbons (Fsp3) is 0.286. The minimum atomic E-state index is -3.69. The Morgan fingerprint density at radius 3 is 2.48 bits per heavy atom. The highest BCUT2D eigenvalue weighted by Gasteiger charge is 2.22. The first-order chi connectivity index (χ1) is 9.92. The highest BCUT2D eigenvalue weighted by atomic mass is 35.5. The maximum absolute atomic E-state index is 12.2. The molecule has 0 aliphatic heterocycles. The van der Waals surface area contributed by atoms with Crippen molar-refractivity contribution in [1.29, 1.82) is 0 Å². The summed E-state index contributed by atoms with van der Waals surface area (Å²) in [4.78, 5) is 0. The second-order valence-electron chi connectivity index (χ2n) is 4.65. The zero-order valence-electron chi connectivity index (χ0n) is 11.8. The molecule has 1 aromatic heterocycles. The lowest BCUT2D eigenvalue weighted by Gasteiger charge is -2.13. The molecule has 0 aliphatic rings. The van der Waals surface area contributed by atoms with Gasteiger partial charge in [0.05, 0.1) is 6.54 Å². The van der Waals surface area contributed by atoms with Crippen molar-refractivity contribution < 1.29 is 12.8 Å². The number of hydrogen-bond acceptors (Lipinski definition) is 4. The third-order valence-electron chi connectivity index (χ3n) is 2.95. The number of halogens is 1. The minimum Gasteiger partial charge on any atom is -0.447 e. The summed E-state index contributed by atoms with van der Waals surface area (Å²) in [7, 11) is -1.93. The Bertz CT molecular complexity index is 695. The van der Waals surface area contributed by atoms with E-state index in [2.05, 4.69) is 10.0 Å². The first-order valence-electron chi connectivity index (χ1n) is 6.43. The summed E-state index contributed by atoms with van der Waals surface area (Å²) in [5.41, 5.74) is 0.824. The van der Waals surface area contributed by atoms with Crippen LogP contribution in [0.3, 0.4) is 0 Å². The molecule has 0 aliphatic carbocycles. The van der Waals surface area contributed by atoms with Gasteiger partial charge in [-0.05, 0) is 43.8 Å². The lowest BCUT2D eigenvalue weighted by atomic mass is 10.1. The van der Waals surface area contributed by atoms with Gasteiger partial charge in [0, 0.05) is 11.1 Å². The van der Waals surface area contributed by atoms with E-state index in [1.54, 1.807) is 44.3 Å². The van der Waals surface area contributed by atoms with E-state index in [-0.39, 0.29) is 11.1 Å². The van der Waals surface area contributed by atoms with Crippen LogP contribution in [0.5, 0.6) is 0 Å². The summed E-state index contributed by atoms with van der Waals surface area (Å²) in [5.74, 6) is 0.567. The molecule has 114 valence electrons. The fourth-order valence-electron chi connectivity index (χ4n) is 1.88. The molecule has 1 atom stereocenters. The SMILES string of the molecule is CNCc1ccc(S(=O)(=O)NC(C)c2ccc(Cl)cc2)o1. The van der Waals surface area contributed by atoms with Crippen LogP contribution in [0.25, 0.3) is 0 Å². The van der Waals surface area contributed by atoms with E-state index >= 15 is 0 Å². The molecule has 0 radical (unpaired) electrons. The number of rotatable bonds is 6. The number of hydrogen-bond donors (Lipinski definition) is 2. The second-order valence-corrected chi connectivity index (χ2v) is 6.73. The van der Waals surface area contributed by atoms with Gasteiger partial charge in [-0.25, -0.2) is 13.1 Å². The van der Waals surface area contributed by atoms with Gasteiger partial charge in [0.1, 0.15) is 5.76 Å². The predicted molar refractivity (Wildman–Crippen MR) is 81.7 cm³/mol. The van der Waals surface area contributed by atoms with Crippen LogP contribution >= 0.6 is 11.6 Å². The molecule has 1 unspecified atom stereocenters. The van der Waals surface area contributed by atoms with Gasteiger partial charge in [-0.2, -0.15) is 0 Å². The Kier molecular flexibility index (Phi) is 5.05. The van der Waals surface area contributed by atoms with Crippen LogP contribution in [0, 0.1) is 0 Å². The van der Waals surface area contributed by atoms with Gasteiger partial charge < -0.3 is 9.73 Å². The van der Waals surface area contributed by atoms with Crippen molar-refractivity contribution in [2.24, 2.45) is 0 Å². The largest absolute Gasteiger partial charge is 0.447 e. The Morgan fingerprint density at radius 2 is 1.86 bits per heavy atom. The number of nitrogens with one attached hydrogen (secondary N) is 2. The van der Waals surface area contributed by atoms with E-state index in [4.69, 9.17) is 16.0 Å². The average molecular weight is 329 g/mol. The molecule has 0 saturated heterocycles. The molecule has 1 aromatic carbocycles. The molecular weight excluding hydrogens is 312 g/mol. The van der Waals surface area contributed by atoms with Crippen LogP contribution < -0.4 is 10.0 Å². The molecule has 7 heteroatoms. The van der Waals surface area contributed by atoms with Crippen molar-refractivity contribution in [3.63, 3.8) is 0 Å². The van der Waals surface area contributed by atoms with Crippen molar-refractivity contribution in [3.05, 3.63) is 52.7 Å². The molecule has 5 nitrogen and oxygen atoms in total. The number of benzene rings is 1. The van der Waals surface area contributed by atoms with Crippen molar-refractivity contribution in [1.82, 2.24) is 10.0 Å². The molecule has 21 heavy (non-hydrogen) atoms. The van der Waals surface area contributed by atoms with Gasteiger partial charge in [0.15, 0.2) is 0 Å². The molecule has 0 saturated carbocycles. The first kappa shape index (κ1) is 16.0. The Balaban J connectivity index is 2.14. The van der Waals surface area contributed by atoms with Crippen LogP contribution in [0.1, 0.15) is 24.3 Å². The van der Waals surface area contributed by atoms with Gasteiger partial charge in [0.25, 0.3) is 10.0 Å². The van der Waals surface area contributed by atoms with Crippen LogP contribution in [0.15, 0.2) is 45.9 Å². The Hall–Kier alpha value is -1.34. The smallest absolute Gasteiger partial charge is 0.274 e. The van der Waals surface area contributed by atoms with E-state index in [0.717, 1.165) is 5.56 Å². The lowest BCUT2D eigenvalue weighted by Crippen LogP contribution is -2.26. The first-order valence-corrected chi connectivity index (χ1v) is 8.29. The van der Waals surface area contributed by atoms with E-state index in [1.807, 2.05) is 0 Å². The van der Waals surface area contributed by atoms with Crippen molar-refractivity contribution in [2.45, 2.75) is 24.6 Å². The van der Waals surface area contributed by atoms with Gasteiger partial charge in [-0.1, -0.05) is 23.7 Å². The molecule has 2 aromatic rings. The van der Waals surface area contributed by atoms with Gasteiger partial charge >= 0.3 is 0 Å². The standard InChI is InChI=1S/C14H17ClN2O3S/c1-10(11-3-5-12(15)6-4-11)17-21(18,19)14-8-7-13(20-14)9-16-2/h3-8,10,16-17H,9H2,1-2H3. The third kappa shape index (κ3) is 4.07. The lowest BCUT2D eigenvalue weighted by molar-refractivity contribution is 0.403. The van der Waals surface area contributed by atoms with Crippen molar-refractivity contribution in [3.8, 4) is 0 Å². The van der Waals surface area contributed by atoms with Crippen LogP contribution in [-0.2, 0) is 16.6 Å². The second kappa shape index (κ2) is 6.62. The monoisotopic (exact) mass is 328 g/mol. The highest BCUT2D eigenvalue weighted by molar-refractivity contribution is 7.89. The zero-order chi connectivity index (χ0) is 15.5. The molecular formula is C14H17ClN2O3S. The Labute approximate surface area is 129 Å². The van der Waals surface area contributed by atoms with Crippen molar-refractivity contribution in [2.75, 3.05) is 7.05 Å². The van der Waals surface area contributed by atoms with E-state index < -0.39 is 10.0 Å². The van der Waals surface area contributed by atoms with Crippen LogP contribution in [0.2, 0.25) is 5.02 Å². The maximum Gasteiger partial charge on any atom is 0.274 e. The normalized spacial score (nSPS) is 13.3. The van der Waals surface area contributed by atoms with Crippen LogP contribution in [-0.4, -0.2) is 15.5 Å². The molecule has 1 heterocycles. The van der Waals surface area contributed by atoms with Gasteiger partial charge in [0.2, 0.25) is 5.09 Å². The van der Waals surface area contributed by atoms with Gasteiger partial charge in [-0.3, -0.25) is 0 Å². The molecule has 2 N–H and O–H groups in total. The predicted octanol–water partition coefficient (Wildman–Crippen LogP) is 2.69. The minimum absolute atomic E-state index is 0.0893. The molecule has 0 spiro atoms. The summed E-state index contributed by atoms with van der Waals surface area (Å²) in [6.45, 7) is 2.24. The average Bonchev–Trinajstić information content (AvgIpc) is 2.89. The molecule has 2 rings (SSSR count). The maximum atomic E-state index is 12.2. The van der Waals surface area contributed by atoms with Crippen LogP contribution in [0.4, 0.5) is 0 Å².